The van der Waals surface area contributed by atoms with E-state index in [-0.39, 0.29) is 10.7 Å². The van der Waals surface area contributed by atoms with Gasteiger partial charge in [0.1, 0.15) is 11.5 Å². The molecular formula is C24H32ClN3O5S. The summed E-state index contributed by atoms with van der Waals surface area (Å²) in [6, 6.07) is 9.47. The van der Waals surface area contributed by atoms with Gasteiger partial charge in [-0.3, -0.25) is 4.79 Å². The first-order valence-electron chi connectivity index (χ1n) is 11.3. The van der Waals surface area contributed by atoms with Crippen molar-refractivity contribution in [1.29, 1.82) is 0 Å². The number of carbonyl (C=O) groups excluding carboxylic acids is 1. The average Bonchev–Trinajstić information content (AvgIpc) is 2.84. The highest BCUT2D eigenvalue weighted by atomic mass is 35.5. The van der Waals surface area contributed by atoms with E-state index in [2.05, 4.69) is 9.62 Å². The molecule has 8 nitrogen and oxygen atoms in total. The Balaban J connectivity index is 1.41. The van der Waals surface area contributed by atoms with Crippen LogP contribution in [-0.4, -0.2) is 59.5 Å². The summed E-state index contributed by atoms with van der Waals surface area (Å²) in [7, 11) is -0.506. The highest BCUT2D eigenvalue weighted by molar-refractivity contribution is 7.89. The van der Waals surface area contributed by atoms with Crippen LogP contribution < -0.4 is 19.9 Å². The van der Waals surface area contributed by atoms with Gasteiger partial charge in [-0.2, -0.15) is 0 Å². The summed E-state index contributed by atoms with van der Waals surface area (Å²) in [5.41, 5.74) is 6.64. The number of nitrogens with two attached hydrogens (primary N) is 1. The van der Waals surface area contributed by atoms with Crippen LogP contribution in [-0.2, 0) is 10.0 Å². The molecule has 1 heterocycles. The minimum absolute atomic E-state index is 0.00545. The van der Waals surface area contributed by atoms with Crippen LogP contribution >= 0.6 is 11.6 Å². The van der Waals surface area contributed by atoms with Crippen molar-refractivity contribution in [3.8, 4) is 11.5 Å². The van der Waals surface area contributed by atoms with Gasteiger partial charge >= 0.3 is 0 Å². The highest BCUT2D eigenvalue weighted by Gasteiger charge is 2.22. The molecule has 186 valence electrons. The van der Waals surface area contributed by atoms with Crippen LogP contribution in [0.4, 0.5) is 5.69 Å². The van der Waals surface area contributed by atoms with E-state index in [0.717, 1.165) is 32.4 Å². The number of rotatable bonds is 11. The van der Waals surface area contributed by atoms with Crippen LogP contribution in [0.25, 0.3) is 0 Å². The molecule has 0 amide bonds. The van der Waals surface area contributed by atoms with E-state index >= 15 is 0 Å². The molecule has 1 saturated heterocycles. The number of nitrogen functional groups attached to an aromatic ring is 1. The molecule has 0 bridgehead atoms. The molecule has 0 saturated carbocycles. The number of likely N-dealkylation sites (tertiary alicyclic amines) is 1. The number of hydrogen-bond acceptors (Lipinski definition) is 7. The monoisotopic (exact) mass is 509 g/mol. The third-order valence-electron chi connectivity index (χ3n) is 6.20. The summed E-state index contributed by atoms with van der Waals surface area (Å²) in [5, 5.41) is 0.347. The minimum atomic E-state index is -3.55. The molecule has 3 N–H and O–H groups in total. The number of ketones is 1. The number of sulfonamides is 1. The lowest BCUT2D eigenvalue weighted by molar-refractivity contribution is 0.0960. The number of nitrogens with one attached hydrogen (secondary N) is 1. The number of benzene rings is 2. The maximum atomic E-state index is 12.7. The Morgan fingerprint density at radius 3 is 2.44 bits per heavy atom. The molecule has 10 heteroatoms. The van der Waals surface area contributed by atoms with Gasteiger partial charge in [-0.05, 0) is 68.6 Å². The van der Waals surface area contributed by atoms with Crippen molar-refractivity contribution < 1.29 is 22.7 Å². The topological polar surface area (TPSA) is 111 Å². The third-order valence-corrected chi connectivity index (χ3v) is 8.00. The van der Waals surface area contributed by atoms with E-state index in [0.29, 0.717) is 53.2 Å². The zero-order valence-corrected chi connectivity index (χ0v) is 21.1. The molecule has 1 aliphatic rings. The Labute approximate surface area is 206 Å². The molecule has 0 aliphatic carbocycles. The fourth-order valence-corrected chi connectivity index (χ4v) is 5.29. The number of piperidine rings is 1. The van der Waals surface area contributed by atoms with Crippen molar-refractivity contribution in [2.45, 2.75) is 30.6 Å². The number of ether oxygens (including phenoxy) is 2. The Bertz CT molecular complexity index is 1080. The van der Waals surface area contributed by atoms with E-state index in [9.17, 15) is 13.2 Å². The van der Waals surface area contributed by atoms with Gasteiger partial charge in [0.2, 0.25) is 10.0 Å². The van der Waals surface area contributed by atoms with Gasteiger partial charge in [0.15, 0.2) is 5.78 Å². The van der Waals surface area contributed by atoms with Crippen LogP contribution in [0.15, 0.2) is 41.3 Å². The first-order valence-corrected chi connectivity index (χ1v) is 13.1. The molecule has 3 rings (SSSR count). The first kappa shape index (κ1) is 26.3. The van der Waals surface area contributed by atoms with Crippen molar-refractivity contribution in [2.75, 3.05) is 46.1 Å². The maximum Gasteiger partial charge on any atom is 0.240 e. The molecule has 0 atom stereocenters. The van der Waals surface area contributed by atoms with Gasteiger partial charge in [0, 0.05) is 25.6 Å². The summed E-state index contributed by atoms with van der Waals surface area (Å²) < 4.78 is 37.9. The average molecular weight is 510 g/mol. The normalized spacial score (nSPS) is 15.3. The van der Waals surface area contributed by atoms with E-state index in [4.69, 9.17) is 26.8 Å². The molecule has 0 radical (unpaired) electrons. The SMILES string of the molecule is COc1ccc(S(=O)(=O)NCCN2CCC(CCC(=O)c3cc(Cl)c(N)cc3OC)CC2)cc1. The number of methoxy groups -OCH3 is 2. The standard InChI is InChI=1S/C24H32ClN3O5S/c1-32-18-4-6-19(7-5-18)34(30,31)27-11-14-28-12-9-17(10-13-28)3-8-23(29)20-15-21(25)22(26)16-24(20)33-2/h4-7,15-17,27H,3,8-14,26H2,1-2H3. The maximum absolute atomic E-state index is 12.7. The number of halogens is 1. The van der Waals surface area contributed by atoms with E-state index in [1.807, 2.05) is 0 Å². The Morgan fingerprint density at radius 2 is 1.82 bits per heavy atom. The molecule has 0 spiro atoms. The second-order valence-electron chi connectivity index (χ2n) is 8.39. The van der Waals surface area contributed by atoms with E-state index < -0.39 is 10.0 Å². The number of nitrogens with zero attached hydrogens (tertiary/aromatic N) is 1. The lowest BCUT2D eigenvalue weighted by Crippen LogP contribution is -2.39. The van der Waals surface area contributed by atoms with Gasteiger partial charge in [0.25, 0.3) is 0 Å². The second kappa shape index (κ2) is 11.9. The fraction of sp³-hybridized carbons (Fsp3) is 0.458. The molecular weight excluding hydrogens is 478 g/mol. The number of Topliss-reactive ketones (excluding diaryl/α,β-unsaturated/α-hetero) is 1. The summed E-state index contributed by atoms with van der Waals surface area (Å²) in [6.07, 6.45) is 3.15. The van der Waals surface area contributed by atoms with Gasteiger partial charge < -0.3 is 20.1 Å². The predicted octanol–water partition coefficient (Wildman–Crippen LogP) is 3.59. The number of carbonyl (C=O) groups is 1. The third kappa shape index (κ3) is 6.85. The Morgan fingerprint density at radius 1 is 1.15 bits per heavy atom. The first-order chi connectivity index (χ1) is 16.2. The molecule has 1 fully saturated rings. The summed E-state index contributed by atoms with van der Waals surface area (Å²) in [6.45, 7) is 2.73. The van der Waals surface area contributed by atoms with Crippen LogP contribution in [0.1, 0.15) is 36.0 Å². The van der Waals surface area contributed by atoms with Gasteiger partial charge in [0.05, 0.1) is 35.4 Å². The smallest absolute Gasteiger partial charge is 0.240 e. The quantitative estimate of drug-likeness (QED) is 0.351. The summed E-state index contributed by atoms with van der Waals surface area (Å²) in [4.78, 5) is 15.2. The predicted molar refractivity (Wildman–Crippen MR) is 133 cm³/mol. The molecule has 2 aromatic carbocycles. The van der Waals surface area contributed by atoms with Gasteiger partial charge in [-0.25, -0.2) is 13.1 Å². The summed E-state index contributed by atoms with van der Waals surface area (Å²) >= 11 is 6.08. The van der Waals surface area contributed by atoms with E-state index in [1.54, 1.807) is 24.3 Å². The summed E-state index contributed by atoms with van der Waals surface area (Å²) in [5.74, 6) is 1.50. The van der Waals surface area contributed by atoms with Crippen LogP contribution in [0.2, 0.25) is 5.02 Å². The molecule has 2 aromatic rings. The van der Waals surface area contributed by atoms with Gasteiger partial charge in [-0.1, -0.05) is 11.6 Å². The molecule has 0 aromatic heterocycles. The van der Waals surface area contributed by atoms with Gasteiger partial charge in [-0.15, -0.1) is 0 Å². The van der Waals surface area contributed by atoms with Crippen LogP contribution in [0, 0.1) is 5.92 Å². The lowest BCUT2D eigenvalue weighted by atomic mass is 9.90. The zero-order chi connectivity index (χ0) is 24.7. The fourth-order valence-electron chi connectivity index (χ4n) is 4.10. The number of anilines is 1. The minimum Gasteiger partial charge on any atom is -0.497 e. The molecule has 34 heavy (non-hydrogen) atoms. The van der Waals surface area contributed by atoms with E-state index in [1.165, 1.54) is 26.4 Å². The number of hydrogen-bond donors (Lipinski definition) is 2. The van der Waals surface area contributed by atoms with Crippen molar-refractivity contribution in [1.82, 2.24) is 9.62 Å². The molecule has 0 unspecified atom stereocenters. The van der Waals surface area contributed by atoms with Crippen molar-refractivity contribution in [3.05, 3.63) is 47.0 Å². The largest absolute Gasteiger partial charge is 0.497 e. The Kier molecular flexibility index (Phi) is 9.18. The van der Waals surface area contributed by atoms with Crippen molar-refractivity contribution >= 4 is 33.1 Å². The van der Waals surface area contributed by atoms with Crippen LogP contribution in [0.3, 0.4) is 0 Å². The Hall–Kier alpha value is -2.33. The lowest BCUT2D eigenvalue weighted by Gasteiger charge is -2.31. The molecule has 1 aliphatic heterocycles. The van der Waals surface area contributed by atoms with Crippen LogP contribution in [0.5, 0.6) is 11.5 Å². The van der Waals surface area contributed by atoms with Crippen molar-refractivity contribution in [3.63, 3.8) is 0 Å². The zero-order valence-electron chi connectivity index (χ0n) is 19.6. The highest BCUT2D eigenvalue weighted by Crippen LogP contribution is 2.31. The van der Waals surface area contributed by atoms with Crippen molar-refractivity contribution in [2.24, 2.45) is 5.92 Å². The second-order valence-corrected chi connectivity index (χ2v) is 10.6.